The summed E-state index contributed by atoms with van der Waals surface area (Å²) in [6.07, 6.45) is 8.88. The summed E-state index contributed by atoms with van der Waals surface area (Å²) in [4.78, 5) is 2.60. The summed E-state index contributed by atoms with van der Waals surface area (Å²) in [5.74, 6) is 0. The predicted molar refractivity (Wildman–Crippen MR) is 72.4 cm³/mol. The number of rotatable bonds is 1. The summed E-state index contributed by atoms with van der Waals surface area (Å²) in [7, 11) is 0. The third-order valence-electron chi connectivity index (χ3n) is 5.56. The zero-order chi connectivity index (χ0) is 12.1. The van der Waals surface area contributed by atoms with Crippen molar-refractivity contribution in [1.29, 1.82) is 0 Å². The fourth-order valence-corrected chi connectivity index (χ4v) is 4.06. The Balaban J connectivity index is 1.46. The van der Waals surface area contributed by atoms with E-state index < -0.39 is 0 Å². The maximum absolute atomic E-state index is 3.78. The number of piperazine rings is 1. The second-order valence-corrected chi connectivity index (χ2v) is 6.58. The highest BCUT2D eigenvalue weighted by Crippen LogP contribution is 2.40. The smallest absolute Gasteiger partial charge is 0.0513 e. The first-order valence-corrected chi connectivity index (χ1v) is 7.44. The Hall–Kier alpha value is -0.580. The summed E-state index contributed by atoms with van der Waals surface area (Å²) < 4.78 is 0. The lowest BCUT2D eigenvalue weighted by atomic mass is 9.68. The summed E-state index contributed by atoms with van der Waals surface area (Å²) in [5.41, 5.74) is 0.872. The second kappa shape index (κ2) is 3.95. The van der Waals surface area contributed by atoms with Gasteiger partial charge in [0.25, 0.3) is 0 Å². The van der Waals surface area contributed by atoms with Crippen LogP contribution >= 0.6 is 0 Å². The highest BCUT2D eigenvalue weighted by Gasteiger charge is 2.50. The fraction of sp³-hybridized carbons (Fsp3) is 0.857. The molecule has 100 valence electrons. The van der Waals surface area contributed by atoms with Crippen molar-refractivity contribution in [3.8, 4) is 0 Å². The van der Waals surface area contributed by atoms with Gasteiger partial charge < -0.3 is 20.9 Å². The Labute approximate surface area is 109 Å². The summed E-state index contributed by atoms with van der Waals surface area (Å²) in [6, 6.07) is 0.715. The lowest BCUT2D eigenvalue weighted by molar-refractivity contribution is 0.0151. The average Bonchev–Trinajstić information content (AvgIpc) is 2.38. The van der Waals surface area contributed by atoms with Crippen molar-refractivity contribution in [2.24, 2.45) is 5.41 Å². The van der Waals surface area contributed by atoms with Crippen molar-refractivity contribution in [3.63, 3.8) is 0 Å². The lowest BCUT2D eigenvalue weighted by Gasteiger charge is -2.58. The molecule has 3 aliphatic heterocycles. The molecule has 2 atom stereocenters. The van der Waals surface area contributed by atoms with Crippen LogP contribution in [0.4, 0.5) is 0 Å². The van der Waals surface area contributed by atoms with Gasteiger partial charge in [0.2, 0.25) is 0 Å². The van der Waals surface area contributed by atoms with Crippen LogP contribution in [0.15, 0.2) is 12.3 Å². The largest absolute Gasteiger partial charge is 0.373 e. The quantitative estimate of drug-likeness (QED) is 0.605. The predicted octanol–water partition coefficient (Wildman–Crippen LogP) is -0.111. The third kappa shape index (κ3) is 1.55. The van der Waals surface area contributed by atoms with Gasteiger partial charge in [-0.15, -0.1) is 0 Å². The molecular weight excluding hydrogens is 224 g/mol. The first-order valence-electron chi connectivity index (χ1n) is 7.44. The Bertz CT molecular complexity index is 355. The van der Waals surface area contributed by atoms with E-state index in [-0.39, 0.29) is 0 Å². The second-order valence-electron chi connectivity index (χ2n) is 6.58. The Morgan fingerprint density at radius 2 is 2.00 bits per heavy atom. The van der Waals surface area contributed by atoms with Gasteiger partial charge in [-0.25, -0.2) is 0 Å². The molecule has 0 amide bonds. The van der Waals surface area contributed by atoms with Gasteiger partial charge in [0.1, 0.15) is 0 Å². The zero-order valence-electron chi connectivity index (χ0n) is 11.0. The van der Waals surface area contributed by atoms with E-state index in [1.807, 2.05) is 0 Å². The Morgan fingerprint density at radius 1 is 1.06 bits per heavy atom. The van der Waals surface area contributed by atoms with Crippen LogP contribution in [0.2, 0.25) is 0 Å². The first-order chi connectivity index (χ1) is 8.82. The molecule has 0 aromatic rings. The van der Waals surface area contributed by atoms with Crippen LogP contribution in [-0.4, -0.2) is 55.7 Å². The van der Waals surface area contributed by atoms with Crippen LogP contribution in [0, 0.1) is 5.41 Å². The van der Waals surface area contributed by atoms with Crippen molar-refractivity contribution in [3.05, 3.63) is 12.3 Å². The normalized spacial score (nSPS) is 41.8. The molecule has 3 heterocycles. The molecule has 2 unspecified atom stereocenters. The van der Waals surface area contributed by atoms with E-state index in [1.165, 1.54) is 38.9 Å². The highest BCUT2D eigenvalue weighted by atomic mass is 15.3. The van der Waals surface area contributed by atoms with E-state index in [4.69, 9.17) is 0 Å². The maximum atomic E-state index is 3.78. The van der Waals surface area contributed by atoms with E-state index in [0.29, 0.717) is 17.0 Å². The molecule has 4 nitrogen and oxygen atoms in total. The minimum Gasteiger partial charge on any atom is -0.373 e. The molecule has 0 radical (unpaired) electrons. The molecule has 4 aliphatic rings. The standard InChI is InChI=1S/C14H24N4/c1-2-14(11-15-5-6-17-14)12(1)18-7-3-13(4-8-18)9-16-10-13/h3,7,12,15-17H,1-2,4-6,8-11H2. The minimum atomic E-state index is 0.366. The third-order valence-corrected chi connectivity index (χ3v) is 5.56. The Morgan fingerprint density at radius 3 is 2.50 bits per heavy atom. The van der Waals surface area contributed by atoms with Crippen molar-refractivity contribution in [1.82, 2.24) is 20.9 Å². The fourth-order valence-electron chi connectivity index (χ4n) is 4.06. The molecule has 1 aliphatic carbocycles. The monoisotopic (exact) mass is 248 g/mol. The summed E-state index contributed by atoms with van der Waals surface area (Å²) in [6.45, 7) is 7.02. The van der Waals surface area contributed by atoms with Crippen LogP contribution in [-0.2, 0) is 0 Å². The molecule has 0 aromatic carbocycles. The van der Waals surface area contributed by atoms with E-state index in [9.17, 15) is 0 Å². The topological polar surface area (TPSA) is 39.3 Å². The molecule has 3 N–H and O–H groups in total. The molecule has 2 spiro atoms. The van der Waals surface area contributed by atoms with Crippen molar-refractivity contribution in [2.75, 3.05) is 39.3 Å². The van der Waals surface area contributed by atoms with Crippen molar-refractivity contribution < 1.29 is 0 Å². The van der Waals surface area contributed by atoms with E-state index in [2.05, 4.69) is 33.1 Å². The van der Waals surface area contributed by atoms with Crippen molar-refractivity contribution in [2.45, 2.75) is 30.8 Å². The van der Waals surface area contributed by atoms with Gasteiger partial charge in [-0.3, -0.25) is 0 Å². The molecule has 1 saturated carbocycles. The van der Waals surface area contributed by atoms with Crippen LogP contribution in [0.1, 0.15) is 19.3 Å². The maximum Gasteiger partial charge on any atom is 0.0513 e. The first kappa shape index (κ1) is 11.3. The number of nitrogens with zero attached hydrogens (tertiary/aromatic N) is 1. The number of nitrogens with one attached hydrogen (secondary N) is 3. The molecule has 4 heteroatoms. The molecule has 4 rings (SSSR count). The van der Waals surface area contributed by atoms with Crippen LogP contribution < -0.4 is 16.0 Å². The van der Waals surface area contributed by atoms with E-state index in [1.54, 1.807) is 0 Å². The SMILES string of the molecule is C1=CC2(CCN1C1CCC13CNCCN3)CNC2. The Kier molecular flexibility index (Phi) is 2.47. The van der Waals surface area contributed by atoms with Crippen LogP contribution in [0.3, 0.4) is 0 Å². The average molecular weight is 248 g/mol. The summed E-state index contributed by atoms with van der Waals surface area (Å²) in [5, 5.41) is 10.7. The van der Waals surface area contributed by atoms with Gasteiger partial charge in [-0.1, -0.05) is 6.08 Å². The molecule has 2 saturated heterocycles. The summed E-state index contributed by atoms with van der Waals surface area (Å²) >= 11 is 0. The van der Waals surface area contributed by atoms with Gasteiger partial charge in [-0.2, -0.15) is 0 Å². The molecule has 0 bridgehead atoms. The lowest BCUT2D eigenvalue weighted by Crippen LogP contribution is -2.74. The van der Waals surface area contributed by atoms with Crippen LogP contribution in [0.25, 0.3) is 0 Å². The molecular formula is C14H24N4. The van der Waals surface area contributed by atoms with Gasteiger partial charge in [0.15, 0.2) is 0 Å². The van der Waals surface area contributed by atoms with Gasteiger partial charge in [0, 0.05) is 50.7 Å². The van der Waals surface area contributed by atoms with Gasteiger partial charge >= 0.3 is 0 Å². The molecule has 18 heavy (non-hydrogen) atoms. The molecule has 3 fully saturated rings. The number of hydrogen-bond donors (Lipinski definition) is 3. The highest BCUT2D eigenvalue weighted by molar-refractivity contribution is 5.17. The van der Waals surface area contributed by atoms with E-state index in [0.717, 1.165) is 19.6 Å². The van der Waals surface area contributed by atoms with Gasteiger partial charge in [-0.05, 0) is 25.5 Å². The zero-order valence-corrected chi connectivity index (χ0v) is 11.0. The minimum absolute atomic E-state index is 0.366. The van der Waals surface area contributed by atoms with E-state index >= 15 is 0 Å². The molecule has 0 aromatic heterocycles. The van der Waals surface area contributed by atoms with Crippen molar-refractivity contribution >= 4 is 0 Å². The van der Waals surface area contributed by atoms with Crippen LogP contribution in [0.5, 0.6) is 0 Å². The van der Waals surface area contributed by atoms with Gasteiger partial charge in [0.05, 0.1) is 5.54 Å². The number of hydrogen-bond acceptors (Lipinski definition) is 4.